The first kappa shape index (κ1) is 19.3. The van der Waals surface area contributed by atoms with Crippen LogP contribution in [0.1, 0.15) is 25.7 Å². The molecule has 8 heteroatoms. The van der Waals surface area contributed by atoms with Crippen LogP contribution in [0, 0.1) is 11.7 Å². The first-order valence-corrected chi connectivity index (χ1v) is 10.8. The molecule has 0 saturated heterocycles. The van der Waals surface area contributed by atoms with Gasteiger partial charge in [-0.25, -0.2) is 4.39 Å². The summed E-state index contributed by atoms with van der Waals surface area (Å²) in [5.74, 6) is -0.670. The Balaban J connectivity index is 1.40. The summed E-state index contributed by atoms with van der Waals surface area (Å²) >= 11 is 7.08. The lowest BCUT2D eigenvalue weighted by molar-refractivity contribution is -0.127. The van der Waals surface area contributed by atoms with Gasteiger partial charge in [-0.3, -0.25) is 9.59 Å². The summed E-state index contributed by atoms with van der Waals surface area (Å²) in [5.41, 5.74) is 0.668. The summed E-state index contributed by atoms with van der Waals surface area (Å²) in [5, 5.41) is 11.1. The lowest BCUT2D eigenvalue weighted by Crippen LogP contribution is -2.45. The Morgan fingerprint density at radius 2 is 2.07 bits per heavy atom. The Hall–Kier alpha value is -1.99. The van der Waals surface area contributed by atoms with Gasteiger partial charge in [-0.15, -0.1) is 11.6 Å². The molecule has 1 aliphatic heterocycles. The molecule has 3 N–H and O–H groups in total. The Morgan fingerprint density at radius 1 is 1.21 bits per heavy atom. The quantitative estimate of drug-likeness (QED) is 0.656. The van der Waals surface area contributed by atoms with Gasteiger partial charge in [0, 0.05) is 16.9 Å². The van der Waals surface area contributed by atoms with E-state index in [0.717, 1.165) is 40.6 Å². The maximum absolute atomic E-state index is 13.5. The predicted octanol–water partition coefficient (Wildman–Crippen LogP) is 3.81. The summed E-state index contributed by atoms with van der Waals surface area (Å²) < 4.78 is 13.5. The zero-order valence-corrected chi connectivity index (χ0v) is 16.7. The average Bonchev–Trinajstić information content (AvgIpc) is 3.10. The van der Waals surface area contributed by atoms with Crippen LogP contribution in [0.5, 0.6) is 0 Å². The summed E-state index contributed by atoms with van der Waals surface area (Å²) in [6, 6.07) is 8.52. The number of amides is 2. The second-order valence-electron chi connectivity index (χ2n) is 7.22. The van der Waals surface area contributed by atoms with Crippen molar-refractivity contribution in [3.05, 3.63) is 36.1 Å². The predicted molar refractivity (Wildman–Crippen MR) is 110 cm³/mol. The molecule has 28 heavy (non-hydrogen) atoms. The molecule has 2 aliphatic rings. The van der Waals surface area contributed by atoms with Gasteiger partial charge < -0.3 is 16.0 Å². The van der Waals surface area contributed by atoms with E-state index in [2.05, 4.69) is 16.0 Å². The third-order valence-corrected chi connectivity index (χ3v) is 6.65. The molecule has 1 aliphatic carbocycles. The van der Waals surface area contributed by atoms with E-state index in [1.807, 2.05) is 12.1 Å². The van der Waals surface area contributed by atoms with Crippen LogP contribution in [-0.2, 0) is 9.59 Å². The number of hydrogen-bond donors (Lipinski definition) is 3. The molecule has 2 amide bonds. The highest BCUT2D eigenvalue weighted by Gasteiger charge is 2.31. The molecule has 148 valence electrons. The van der Waals surface area contributed by atoms with Crippen molar-refractivity contribution in [3.63, 3.8) is 0 Å². The molecule has 1 fully saturated rings. The van der Waals surface area contributed by atoms with Crippen LogP contribution in [0.25, 0.3) is 10.8 Å². The third-order valence-electron chi connectivity index (χ3n) is 5.26. The van der Waals surface area contributed by atoms with Crippen molar-refractivity contribution in [2.45, 2.75) is 42.1 Å². The molecule has 2 aromatic carbocycles. The van der Waals surface area contributed by atoms with E-state index >= 15 is 0 Å². The largest absolute Gasteiger partial charge is 0.356 e. The molecular formula is C20H21ClFN3O2S. The van der Waals surface area contributed by atoms with Gasteiger partial charge in [0.15, 0.2) is 5.50 Å². The molecule has 0 bridgehead atoms. The number of carbonyl (C=O) groups excluding carboxylic acids is 2. The third kappa shape index (κ3) is 4.05. The first-order chi connectivity index (χ1) is 13.5. The Kier molecular flexibility index (Phi) is 5.64. The summed E-state index contributed by atoms with van der Waals surface area (Å²) in [6.07, 6.45) is 3.20. The van der Waals surface area contributed by atoms with Crippen molar-refractivity contribution in [1.82, 2.24) is 10.6 Å². The summed E-state index contributed by atoms with van der Waals surface area (Å²) in [7, 11) is 0. The highest BCUT2D eigenvalue weighted by atomic mass is 35.5. The van der Waals surface area contributed by atoms with Crippen molar-refractivity contribution in [1.29, 1.82) is 0 Å². The zero-order valence-electron chi connectivity index (χ0n) is 15.1. The van der Waals surface area contributed by atoms with Crippen molar-refractivity contribution in [2.75, 3.05) is 11.2 Å². The molecule has 0 spiro atoms. The van der Waals surface area contributed by atoms with Crippen LogP contribution in [0.4, 0.5) is 10.1 Å². The minimum atomic E-state index is -0.268. The fourth-order valence-electron chi connectivity index (χ4n) is 3.94. The molecule has 1 saturated carbocycles. The summed E-state index contributed by atoms with van der Waals surface area (Å²) in [6.45, 7) is 0. The minimum Gasteiger partial charge on any atom is -0.356 e. The first-order valence-electron chi connectivity index (χ1n) is 9.34. The molecule has 4 rings (SSSR count). The van der Waals surface area contributed by atoms with Gasteiger partial charge in [-0.2, -0.15) is 0 Å². The highest BCUT2D eigenvalue weighted by Crippen LogP contribution is 2.42. The molecular weight excluding hydrogens is 401 g/mol. The number of anilines is 1. The summed E-state index contributed by atoms with van der Waals surface area (Å²) in [4.78, 5) is 25.3. The lowest BCUT2D eigenvalue weighted by atomic mass is 9.85. The molecule has 2 aromatic rings. The number of carbonyl (C=O) groups is 2. The monoisotopic (exact) mass is 421 g/mol. The van der Waals surface area contributed by atoms with E-state index in [1.165, 1.54) is 23.9 Å². The average molecular weight is 422 g/mol. The van der Waals surface area contributed by atoms with Crippen molar-refractivity contribution in [2.24, 2.45) is 5.92 Å². The Morgan fingerprint density at radius 3 is 2.89 bits per heavy atom. The molecule has 0 radical (unpaired) electrons. The fraction of sp³-hybridized carbons (Fsp3) is 0.400. The van der Waals surface area contributed by atoms with Gasteiger partial charge >= 0.3 is 0 Å². The number of fused-ring (bicyclic) bond motifs is 3. The fourth-order valence-corrected chi connectivity index (χ4v) is 5.18. The Labute approximate surface area is 171 Å². The number of alkyl halides is 1. The van der Waals surface area contributed by atoms with Gasteiger partial charge in [0.1, 0.15) is 11.7 Å². The number of halogens is 2. The minimum absolute atomic E-state index is 0.00372. The van der Waals surface area contributed by atoms with E-state index in [-0.39, 0.29) is 41.0 Å². The number of hydrogen-bond acceptors (Lipinski definition) is 4. The normalized spacial score (nSPS) is 23.7. The van der Waals surface area contributed by atoms with Crippen LogP contribution in [0.15, 0.2) is 35.2 Å². The molecule has 1 unspecified atom stereocenters. The maximum atomic E-state index is 13.5. The van der Waals surface area contributed by atoms with Crippen molar-refractivity contribution >= 4 is 51.6 Å². The van der Waals surface area contributed by atoms with Gasteiger partial charge in [-0.05, 0) is 48.2 Å². The molecule has 5 nitrogen and oxygen atoms in total. The maximum Gasteiger partial charge on any atom is 0.235 e. The van der Waals surface area contributed by atoms with E-state index in [0.29, 0.717) is 6.42 Å². The standard InChI is InChI=1S/C20H21ClFN3O2S/c21-10-17(26)23-14-3-1-2-12(9-14)19(27)25-20-24-16-7-4-11-8-13(22)5-6-15(11)18(16)28-20/h4-8,12,14,20,24H,1-3,9-10H2,(H,23,26)(H,25,27)/t12-,14+,20?/m0/s1. The number of benzene rings is 2. The van der Waals surface area contributed by atoms with E-state index < -0.39 is 0 Å². The molecule has 0 aromatic heterocycles. The SMILES string of the molecule is O=C(CCl)N[C@@H]1CCC[C@H](C(=O)NC2Nc3ccc4cc(F)ccc4c3S2)C1. The van der Waals surface area contributed by atoms with Crippen LogP contribution in [-0.4, -0.2) is 29.2 Å². The highest BCUT2D eigenvalue weighted by molar-refractivity contribution is 8.00. The van der Waals surface area contributed by atoms with Crippen molar-refractivity contribution < 1.29 is 14.0 Å². The van der Waals surface area contributed by atoms with Crippen LogP contribution in [0.3, 0.4) is 0 Å². The van der Waals surface area contributed by atoms with Crippen LogP contribution in [0.2, 0.25) is 0 Å². The zero-order chi connectivity index (χ0) is 19.7. The van der Waals surface area contributed by atoms with Crippen LogP contribution < -0.4 is 16.0 Å². The van der Waals surface area contributed by atoms with Gasteiger partial charge in [0.05, 0.1) is 5.69 Å². The number of rotatable bonds is 4. The van der Waals surface area contributed by atoms with Gasteiger partial charge in [0.25, 0.3) is 0 Å². The Bertz CT molecular complexity index is 926. The topological polar surface area (TPSA) is 70.2 Å². The number of nitrogens with one attached hydrogen (secondary N) is 3. The van der Waals surface area contributed by atoms with Gasteiger partial charge in [0.2, 0.25) is 11.8 Å². The number of thioether (sulfide) groups is 1. The van der Waals surface area contributed by atoms with E-state index in [1.54, 1.807) is 6.07 Å². The van der Waals surface area contributed by atoms with Crippen LogP contribution >= 0.6 is 23.4 Å². The molecule has 3 atom stereocenters. The second-order valence-corrected chi connectivity index (χ2v) is 8.60. The van der Waals surface area contributed by atoms with E-state index in [4.69, 9.17) is 11.6 Å². The van der Waals surface area contributed by atoms with E-state index in [9.17, 15) is 14.0 Å². The molecule has 1 heterocycles. The lowest BCUT2D eigenvalue weighted by Gasteiger charge is -2.29. The van der Waals surface area contributed by atoms with Crippen molar-refractivity contribution in [3.8, 4) is 0 Å². The van der Waals surface area contributed by atoms with Gasteiger partial charge in [-0.1, -0.05) is 30.3 Å². The second kappa shape index (κ2) is 8.17. The smallest absolute Gasteiger partial charge is 0.235 e.